The Kier molecular flexibility index (Phi) is 54.7. The van der Waals surface area contributed by atoms with Crippen LogP contribution in [-0.4, -0.2) is 140 Å². The average Bonchev–Trinajstić information content (AvgIpc) is 1.25. The summed E-state index contributed by atoms with van der Waals surface area (Å²) in [6, 6.07) is -0.958. The first-order valence-corrected chi connectivity index (χ1v) is 35.9. The van der Waals surface area contributed by atoms with Crippen molar-refractivity contribution in [3.05, 3.63) is 134 Å². The lowest BCUT2D eigenvalue weighted by atomic mass is 9.97. The fourth-order valence-electron chi connectivity index (χ4n) is 10.9. The molecule has 2 aliphatic rings. The molecule has 9 N–H and O–H groups in total. The molecule has 2 rings (SSSR count). The topological polar surface area (TPSA) is 228 Å². The molecule has 91 heavy (non-hydrogen) atoms. The van der Waals surface area contributed by atoms with Crippen molar-refractivity contribution in [2.24, 2.45) is 0 Å². The Hall–Kier alpha value is -3.87. The predicted molar refractivity (Wildman–Crippen MR) is 373 cm³/mol. The number of ether oxygens (including phenoxy) is 4. The highest BCUT2D eigenvalue weighted by molar-refractivity contribution is 5.76. The first-order valence-electron chi connectivity index (χ1n) is 35.9. The highest BCUT2D eigenvalue weighted by Gasteiger charge is 2.51. The molecule has 0 saturated carbocycles. The highest BCUT2D eigenvalue weighted by atomic mass is 16.7. The maximum Gasteiger partial charge on any atom is 0.220 e. The number of aliphatic hydroxyl groups excluding tert-OH is 8. The van der Waals surface area contributed by atoms with Crippen LogP contribution in [0, 0.1) is 0 Å². The van der Waals surface area contributed by atoms with Gasteiger partial charge >= 0.3 is 0 Å². The van der Waals surface area contributed by atoms with E-state index in [2.05, 4.69) is 141 Å². The van der Waals surface area contributed by atoms with Crippen LogP contribution < -0.4 is 5.32 Å². The van der Waals surface area contributed by atoms with Gasteiger partial charge in [0.1, 0.15) is 48.8 Å². The van der Waals surface area contributed by atoms with Crippen LogP contribution in [0.15, 0.2) is 134 Å². The zero-order valence-electron chi connectivity index (χ0n) is 56.5. The molecule has 0 bridgehead atoms. The molecule has 12 atom stereocenters. The third kappa shape index (κ3) is 43.7. The molecule has 0 aromatic heterocycles. The summed E-state index contributed by atoms with van der Waals surface area (Å²) in [7, 11) is 0. The summed E-state index contributed by atoms with van der Waals surface area (Å²) in [5.74, 6) is -0.272. The molecule has 520 valence electrons. The molecule has 2 heterocycles. The molecule has 2 fully saturated rings. The van der Waals surface area contributed by atoms with E-state index >= 15 is 0 Å². The number of rotatable bonds is 57. The van der Waals surface area contributed by atoms with E-state index in [0.29, 0.717) is 12.8 Å². The minimum atomic E-state index is -1.80. The second-order valence-corrected chi connectivity index (χ2v) is 24.6. The number of carbonyl (C=O) groups is 1. The fourth-order valence-corrected chi connectivity index (χ4v) is 10.9. The van der Waals surface area contributed by atoms with E-state index in [1.54, 1.807) is 6.08 Å². The Morgan fingerprint density at radius 3 is 1.21 bits per heavy atom. The third-order valence-corrected chi connectivity index (χ3v) is 16.5. The van der Waals surface area contributed by atoms with Gasteiger partial charge < -0.3 is 65.1 Å². The Balaban J connectivity index is 1.72. The molecule has 0 radical (unpaired) electrons. The summed E-state index contributed by atoms with van der Waals surface area (Å²) in [6.45, 7) is 2.66. The van der Waals surface area contributed by atoms with Crippen LogP contribution >= 0.6 is 0 Å². The average molecular weight is 1280 g/mol. The van der Waals surface area contributed by atoms with Crippen LogP contribution in [-0.2, 0) is 23.7 Å². The van der Waals surface area contributed by atoms with Gasteiger partial charge in [-0.05, 0) is 109 Å². The highest BCUT2D eigenvalue weighted by Crippen LogP contribution is 2.30. The number of aliphatic hydroxyl groups is 8. The maximum absolute atomic E-state index is 13.3. The lowest BCUT2D eigenvalue weighted by molar-refractivity contribution is -0.359. The van der Waals surface area contributed by atoms with E-state index in [9.17, 15) is 45.6 Å². The van der Waals surface area contributed by atoms with Crippen LogP contribution in [0.1, 0.15) is 251 Å². The second-order valence-electron chi connectivity index (χ2n) is 24.6. The summed E-state index contributed by atoms with van der Waals surface area (Å²) in [5.41, 5.74) is 0. The fraction of sp³-hybridized carbons (Fsp3) is 0.701. The second kappa shape index (κ2) is 59.8. The van der Waals surface area contributed by atoms with Crippen molar-refractivity contribution in [3.8, 4) is 0 Å². The number of allylic oxidation sites excluding steroid dienone is 21. The number of carbonyl (C=O) groups excluding carboxylic acids is 1. The maximum atomic E-state index is 13.3. The van der Waals surface area contributed by atoms with E-state index in [4.69, 9.17) is 18.9 Å². The minimum absolute atomic E-state index is 0.244. The Bertz CT molecular complexity index is 2040. The quantitative estimate of drug-likeness (QED) is 0.0204. The standard InChI is InChI=1S/C77H129NO13/c1-3-5-7-9-11-13-15-17-19-21-23-25-27-29-31-32-33-34-35-37-39-41-43-45-47-49-51-53-55-57-59-61-69(82)78-65(64-88-76-74(87)72(85)75(68(63-80)90-76)91-77-73(86)71(84)70(83)67(62-79)89-77)66(81)60-58-56-54-52-50-48-46-44-42-40-38-36-30-28-26-24-22-20-18-16-14-12-10-8-6-4-2/h5,7,11,13,17,19,23,25,29,31,33-34,37,39,42-45,50,52,58,60,65-68,70-77,79-81,83-87H,3-4,6,8-10,12,14-16,18,20-22,24,26-28,30,32,35-36,38,40-41,46-49,51,53-57,59,61-64H2,1-2H3,(H,78,82)/b7-5-,13-11-,19-17-,25-23-,31-29-,34-33-,39-37-,44-42+,45-43-,52-50+,60-58+. The van der Waals surface area contributed by atoms with Gasteiger partial charge in [0.15, 0.2) is 12.6 Å². The lowest BCUT2D eigenvalue weighted by Crippen LogP contribution is -2.65. The molecule has 0 aliphatic carbocycles. The Labute approximate surface area is 551 Å². The van der Waals surface area contributed by atoms with Gasteiger partial charge in [-0.2, -0.15) is 0 Å². The molecule has 12 unspecified atom stereocenters. The number of hydrogen-bond donors (Lipinski definition) is 9. The predicted octanol–water partition coefficient (Wildman–Crippen LogP) is 15.1. The van der Waals surface area contributed by atoms with Crippen molar-refractivity contribution in [1.82, 2.24) is 5.32 Å². The molecule has 0 aromatic rings. The van der Waals surface area contributed by atoms with Gasteiger partial charge in [-0.15, -0.1) is 0 Å². The number of unbranched alkanes of at least 4 members (excludes halogenated alkanes) is 24. The smallest absolute Gasteiger partial charge is 0.220 e. The monoisotopic (exact) mass is 1280 g/mol. The number of nitrogens with one attached hydrogen (secondary N) is 1. The van der Waals surface area contributed by atoms with Crippen LogP contribution in [0.3, 0.4) is 0 Å². The largest absolute Gasteiger partial charge is 0.394 e. The molecule has 0 aromatic carbocycles. The van der Waals surface area contributed by atoms with E-state index in [-0.39, 0.29) is 18.9 Å². The summed E-state index contributed by atoms with van der Waals surface area (Å²) in [5, 5.41) is 87.4. The summed E-state index contributed by atoms with van der Waals surface area (Å²) < 4.78 is 22.8. The van der Waals surface area contributed by atoms with Crippen LogP contribution in [0.5, 0.6) is 0 Å². The molecule has 0 spiro atoms. The SMILES string of the molecule is CC/C=C\C/C=C\C/C=C\C/C=C\C/C=C\C/C=C\C/C=C\C/C=C\CCCCCCCCC(=O)NC(COC1OC(CO)C(OC2OC(CO)C(O)C(O)C2O)C(O)C1O)C(O)/C=C/CC/C=C/CC/C=C/CCCCCCCCCCCCCCCCCC. The van der Waals surface area contributed by atoms with E-state index in [1.807, 2.05) is 6.08 Å². The summed E-state index contributed by atoms with van der Waals surface area (Å²) in [6.07, 6.45) is 72.1. The van der Waals surface area contributed by atoms with Crippen molar-refractivity contribution in [3.63, 3.8) is 0 Å². The van der Waals surface area contributed by atoms with Crippen LogP contribution in [0.2, 0.25) is 0 Å². The Morgan fingerprint density at radius 2 is 0.769 bits per heavy atom. The lowest BCUT2D eigenvalue weighted by Gasteiger charge is -2.46. The number of amides is 1. The first-order chi connectivity index (χ1) is 44.6. The van der Waals surface area contributed by atoms with Crippen LogP contribution in [0.25, 0.3) is 0 Å². The minimum Gasteiger partial charge on any atom is -0.394 e. The van der Waals surface area contributed by atoms with Crippen molar-refractivity contribution in [1.29, 1.82) is 0 Å². The molecular weight excluding hydrogens is 1150 g/mol. The molecule has 14 heteroatoms. The molecule has 1 amide bonds. The normalized spacial score (nSPS) is 23.6. The van der Waals surface area contributed by atoms with Gasteiger partial charge in [0.2, 0.25) is 5.91 Å². The molecular formula is C77H129NO13. The van der Waals surface area contributed by atoms with Crippen molar-refractivity contribution in [2.45, 2.75) is 325 Å². The zero-order chi connectivity index (χ0) is 65.9. The number of hydrogen-bond acceptors (Lipinski definition) is 13. The van der Waals surface area contributed by atoms with Crippen molar-refractivity contribution in [2.75, 3.05) is 19.8 Å². The van der Waals surface area contributed by atoms with Gasteiger partial charge in [-0.1, -0.05) is 270 Å². The van der Waals surface area contributed by atoms with Crippen LogP contribution in [0.4, 0.5) is 0 Å². The summed E-state index contributed by atoms with van der Waals surface area (Å²) >= 11 is 0. The van der Waals surface area contributed by atoms with E-state index in [0.717, 1.165) is 116 Å². The van der Waals surface area contributed by atoms with Gasteiger partial charge in [0.05, 0.1) is 32.0 Å². The molecule has 2 aliphatic heterocycles. The van der Waals surface area contributed by atoms with Gasteiger partial charge in [-0.3, -0.25) is 4.79 Å². The Morgan fingerprint density at radius 1 is 0.407 bits per heavy atom. The van der Waals surface area contributed by atoms with E-state index < -0.39 is 86.8 Å². The third-order valence-electron chi connectivity index (χ3n) is 16.5. The first kappa shape index (κ1) is 83.2. The zero-order valence-corrected chi connectivity index (χ0v) is 56.5. The summed E-state index contributed by atoms with van der Waals surface area (Å²) in [4.78, 5) is 13.3. The van der Waals surface area contributed by atoms with E-state index in [1.165, 1.54) is 103 Å². The van der Waals surface area contributed by atoms with Crippen molar-refractivity contribution >= 4 is 5.91 Å². The van der Waals surface area contributed by atoms with Gasteiger partial charge in [0.25, 0.3) is 0 Å². The van der Waals surface area contributed by atoms with Gasteiger partial charge in [0, 0.05) is 6.42 Å². The van der Waals surface area contributed by atoms with Crippen molar-refractivity contribution < 1.29 is 64.6 Å². The molecule has 14 nitrogen and oxygen atoms in total. The van der Waals surface area contributed by atoms with Gasteiger partial charge in [-0.25, -0.2) is 0 Å². The molecule has 2 saturated heterocycles.